The van der Waals surface area contributed by atoms with Crippen LogP contribution in [0.5, 0.6) is 0 Å². The number of hydrogen-bond donors (Lipinski definition) is 3. The summed E-state index contributed by atoms with van der Waals surface area (Å²) in [6.45, 7) is 7.78. The van der Waals surface area contributed by atoms with E-state index >= 15 is 0 Å². The Hall–Kier alpha value is -2.95. The molecule has 0 fully saturated rings. The van der Waals surface area contributed by atoms with E-state index in [1.54, 1.807) is 6.07 Å². The first-order valence-electron chi connectivity index (χ1n) is 10.7. The van der Waals surface area contributed by atoms with Gasteiger partial charge in [-0.05, 0) is 44.5 Å². The van der Waals surface area contributed by atoms with E-state index in [1.807, 2.05) is 6.07 Å². The number of carboxylic acid groups (broad SMARTS) is 1. The Labute approximate surface area is 189 Å². The summed E-state index contributed by atoms with van der Waals surface area (Å²) < 4.78 is 45.3. The molecule has 0 spiro atoms. The van der Waals surface area contributed by atoms with Gasteiger partial charge in [-0.25, -0.2) is 9.18 Å². The van der Waals surface area contributed by atoms with Crippen molar-refractivity contribution >= 4 is 11.9 Å². The van der Waals surface area contributed by atoms with Crippen molar-refractivity contribution in [3.05, 3.63) is 41.3 Å². The number of amides is 1. The van der Waals surface area contributed by atoms with Crippen LogP contribution in [0, 0.1) is 11.7 Å². The highest BCUT2D eigenvalue weighted by atomic mass is 19.4. The van der Waals surface area contributed by atoms with Crippen molar-refractivity contribution in [1.82, 2.24) is 20.4 Å². The Morgan fingerprint density at radius 1 is 1.27 bits per heavy atom. The van der Waals surface area contributed by atoms with Crippen LogP contribution >= 0.6 is 0 Å². The molecule has 0 saturated carbocycles. The minimum Gasteiger partial charge on any atom is -0.475 e. The number of aromatic nitrogens is 2. The van der Waals surface area contributed by atoms with E-state index < -0.39 is 12.1 Å². The molecule has 0 bridgehead atoms. The zero-order valence-corrected chi connectivity index (χ0v) is 18.5. The number of aromatic amines is 1. The van der Waals surface area contributed by atoms with E-state index in [-0.39, 0.29) is 17.6 Å². The summed E-state index contributed by atoms with van der Waals surface area (Å²) in [6, 6.07) is 6.46. The predicted octanol–water partition coefficient (Wildman–Crippen LogP) is 3.41. The van der Waals surface area contributed by atoms with Crippen LogP contribution in [-0.4, -0.2) is 64.4 Å². The summed E-state index contributed by atoms with van der Waals surface area (Å²) in [7, 11) is 0. The molecule has 1 atom stereocenters. The summed E-state index contributed by atoms with van der Waals surface area (Å²) >= 11 is 0. The largest absolute Gasteiger partial charge is 0.490 e. The molecular formula is C22H28F4N4O3. The number of nitrogens with zero attached hydrogens (tertiary/aromatic N) is 2. The number of fused-ring (bicyclic) bond motifs is 1. The number of rotatable bonds is 7. The van der Waals surface area contributed by atoms with Crippen molar-refractivity contribution in [2.45, 2.75) is 39.3 Å². The lowest BCUT2D eigenvalue weighted by atomic mass is 9.85. The van der Waals surface area contributed by atoms with Gasteiger partial charge in [-0.3, -0.25) is 9.89 Å². The zero-order valence-electron chi connectivity index (χ0n) is 18.5. The molecule has 3 rings (SSSR count). The molecule has 1 aliphatic rings. The smallest absolute Gasteiger partial charge is 0.475 e. The highest BCUT2D eigenvalue weighted by Crippen LogP contribution is 2.32. The first-order valence-corrected chi connectivity index (χ1v) is 10.7. The van der Waals surface area contributed by atoms with E-state index in [4.69, 9.17) is 9.90 Å². The number of H-pyrrole nitrogens is 1. The third-order valence-corrected chi connectivity index (χ3v) is 5.48. The molecule has 33 heavy (non-hydrogen) atoms. The highest BCUT2D eigenvalue weighted by molar-refractivity contribution is 5.80. The molecule has 182 valence electrons. The Morgan fingerprint density at radius 3 is 2.52 bits per heavy atom. The summed E-state index contributed by atoms with van der Waals surface area (Å²) in [5.41, 5.74) is 3.63. The number of carbonyl (C=O) groups is 2. The maximum atomic E-state index is 13.6. The molecular weight excluding hydrogens is 444 g/mol. The Kier molecular flexibility index (Phi) is 9.39. The van der Waals surface area contributed by atoms with Crippen LogP contribution in [0.2, 0.25) is 0 Å². The van der Waals surface area contributed by atoms with Gasteiger partial charge < -0.3 is 15.3 Å². The molecule has 3 N–H and O–H groups in total. The van der Waals surface area contributed by atoms with Crippen LogP contribution in [0.1, 0.15) is 31.5 Å². The van der Waals surface area contributed by atoms with Crippen molar-refractivity contribution in [3.8, 4) is 11.3 Å². The monoisotopic (exact) mass is 472 g/mol. The van der Waals surface area contributed by atoms with Gasteiger partial charge in [0.15, 0.2) is 0 Å². The van der Waals surface area contributed by atoms with Crippen molar-refractivity contribution in [2.24, 2.45) is 5.92 Å². The van der Waals surface area contributed by atoms with Crippen LogP contribution in [0.15, 0.2) is 24.3 Å². The Bertz CT molecular complexity index is 942. The summed E-state index contributed by atoms with van der Waals surface area (Å²) in [4.78, 5) is 23.8. The lowest BCUT2D eigenvalue weighted by molar-refractivity contribution is -0.192. The Morgan fingerprint density at radius 2 is 1.94 bits per heavy atom. The van der Waals surface area contributed by atoms with Gasteiger partial charge in [-0.2, -0.15) is 18.3 Å². The number of carbonyl (C=O) groups excluding carboxylic acids is 1. The predicted molar refractivity (Wildman–Crippen MR) is 114 cm³/mol. The molecule has 1 aromatic heterocycles. The van der Waals surface area contributed by atoms with Gasteiger partial charge >= 0.3 is 12.1 Å². The average molecular weight is 472 g/mol. The minimum absolute atomic E-state index is 0.0517. The molecule has 0 aliphatic heterocycles. The summed E-state index contributed by atoms with van der Waals surface area (Å²) in [5.74, 6) is -2.98. The number of likely N-dealkylation sites (N-methyl/N-ethyl adjacent to an activating group) is 1. The van der Waals surface area contributed by atoms with Crippen molar-refractivity contribution in [3.63, 3.8) is 0 Å². The van der Waals surface area contributed by atoms with Gasteiger partial charge in [-0.15, -0.1) is 0 Å². The molecule has 1 amide bonds. The number of aliphatic carboxylic acids is 1. The molecule has 1 heterocycles. The number of benzene rings is 1. The lowest BCUT2D eigenvalue weighted by Gasteiger charge is -2.23. The average Bonchev–Trinajstić information content (AvgIpc) is 3.19. The molecule has 0 radical (unpaired) electrons. The quantitative estimate of drug-likeness (QED) is 0.537. The third kappa shape index (κ3) is 7.55. The fourth-order valence-electron chi connectivity index (χ4n) is 3.61. The number of aryl methyl sites for hydroxylation is 1. The maximum Gasteiger partial charge on any atom is 0.490 e. The van der Waals surface area contributed by atoms with Crippen LogP contribution in [0.4, 0.5) is 17.6 Å². The van der Waals surface area contributed by atoms with Crippen LogP contribution < -0.4 is 5.32 Å². The normalized spacial score (nSPS) is 15.4. The molecule has 1 aliphatic carbocycles. The van der Waals surface area contributed by atoms with Crippen LogP contribution in [0.25, 0.3) is 11.3 Å². The van der Waals surface area contributed by atoms with Crippen LogP contribution in [0.3, 0.4) is 0 Å². The number of nitrogens with one attached hydrogen (secondary N) is 2. The van der Waals surface area contributed by atoms with Gasteiger partial charge in [0, 0.05) is 35.8 Å². The van der Waals surface area contributed by atoms with E-state index in [0.717, 1.165) is 55.0 Å². The first-order chi connectivity index (χ1) is 15.6. The standard InChI is InChI=1S/C20H27FN4O.C2HF3O2/c1-3-25(4-2)11-10-22-20(26)15-8-9-18-17(13-15)19(24-23-18)14-6-5-7-16(21)12-14;3-2(4,5)1(6)7/h5-7,12,15H,3-4,8-11,13H2,1-2H3,(H,22,26)(H,23,24);(H,6,7). The number of hydrogen-bond acceptors (Lipinski definition) is 4. The molecule has 2 aromatic rings. The number of carboxylic acids is 1. The van der Waals surface area contributed by atoms with Gasteiger partial charge in [0.2, 0.25) is 5.91 Å². The fraction of sp³-hybridized carbons (Fsp3) is 0.500. The van der Waals surface area contributed by atoms with Crippen molar-refractivity contribution in [2.75, 3.05) is 26.2 Å². The van der Waals surface area contributed by atoms with Gasteiger partial charge in [0.25, 0.3) is 0 Å². The van der Waals surface area contributed by atoms with Crippen molar-refractivity contribution < 1.29 is 32.3 Å². The number of alkyl halides is 3. The van der Waals surface area contributed by atoms with Gasteiger partial charge in [-0.1, -0.05) is 26.0 Å². The second-order valence-corrected chi connectivity index (χ2v) is 7.60. The molecule has 1 unspecified atom stereocenters. The molecule has 7 nitrogen and oxygen atoms in total. The van der Waals surface area contributed by atoms with E-state index in [1.165, 1.54) is 12.1 Å². The minimum atomic E-state index is -5.08. The third-order valence-electron chi connectivity index (χ3n) is 5.48. The second kappa shape index (κ2) is 11.8. The van der Waals surface area contributed by atoms with E-state index in [2.05, 4.69) is 34.3 Å². The Balaban J connectivity index is 0.000000479. The van der Waals surface area contributed by atoms with Gasteiger partial charge in [0.05, 0.1) is 5.69 Å². The lowest BCUT2D eigenvalue weighted by Crippen LogP contribution is -2.39. The second-order valence-electron chi connectivity index (χ2n) is 7.60. The summed E-state index contributed by atoms with van der Waals surface area (Å²) in [5, 5.41) is 17.6. The topological polar surface area (TPSA) is 98.3 Å². The van der Waals surface area contributed by atoms with E-state index in [0.29, 0.717) is 13.0 Å². The van der Waals surface area contributed by atoms with Gasteiger partial charge in [0.1, 0.15) is 5.82 Å². The van der Waals surface area contributed by atoms with E-state index in [9.17, 15) is 22.4 Å². The summed E-state index contributed by atoms with van der Waals surface area (Å²) in [6.07, 6.45) is -2.82. The van der Waals surface area contributed by atoms with Crippen molar-refractivity contribution in [1.29, 1.82) is 0 Å². The number of halogens is 4. The highest BCUT2D eigenvalue weighted by Gasteiger charge is 2.38. The molecule has 0 saturated heterocycles. The SMILES string of the molecule is CCN(CC)CCNC(=O)C1CCc2[nH]nc(-c3cccc(F)c3)c2C1.O=C(O)C(F)(F)F. The van der Waals surface area contributed by atoms with Crippen LogP contribution in [-0.2, 0) is 22.4 Å². The molecule has 11 heteroatoms. The first kappa shape index (κ1) is 26.3. The fourth-order valence-corrected chi connectivity index (χ4v) is 3.61. The molecule has 1 aromatic carbocycles. The maximum absolute atomic E-state index is 13.6. The zero-order chi connectivity index (χ0) is 24.6.